The van der Waals surface area contributed by atoms with Gasteiger partial charge < -0.3 is 5.32 Å². The first-order chi connectivity index (χ1) is 11.2. The molecule has 2 fully saturated rings. The summed E-state index contributed by atoms with van der Waals surface area (Å²) < 4.78 is 65.2. The number of sulfonamides is 1. The predicted molar refractivity (Wildman–Crippen MR) is 83.3 cm³/mol. The zero-order valence-corrected chi connectivity index (χ0v) is 14.4. The smallest absolute Gasteiger partial charge is 0.317 e. The number of piperidine rings is 1. The largest absolute Gasteiger partial charge is 0.403 e. The molecule has 1 aromatic rings. The Morgan fingerprint density at radius 3 is 2.33 bits per heavy atom. The molecule has 0 unspecified atom stereocenters. The summed E-state index contributed by atoms with van der Waals surface area (Å²) in [5.41, 5.74) is -2.32. The van der Waals surface area contributed by atoms with Gasteiger partial charge in [0.1, 0.15) is 9.62 Å². The van der Waals surface area contributed by atoms with Crippen molar-refractivity contribution in [2.75, 3.05) is 18.4 Å². The number of nitrogens with zero attached hydrogens (tertiary/aromatic N) is 1. The summed E-state index contributed by atoms with van der Waals surface area (Å²) >= 11 is 0.787. The van der Waals surface area contributed by atoms with Crippen LogP contribution in [-0.4, -0.2) is 37.9 Å². The van der Waals surface area contributed by atoms with Crippen molar-refractivity contribution in [1.29, 1.82) is 0 Å². The molecular weight excluding hydrogens is 365 g/mol. The van der Waals surface area contributed by atoms with Crippen LogP contribution in [0.5, 0.6) is 0 Å². The minimum absolute atomic E-state index is 0.0385. The Bertz CT molecular complexity index is 733. The van der Waals surface area contributed by atoms with Crippen LogP contribution in [0.2, 0.25) is 0 Å². The molecule has 1 aromatic heterocycles. The second-order valence-corrected chi connectivity index (χ2v) is 9.37. The van der Waals surface area contributed by atoms with Crippen molar-refractivity contribution in [1.82, 2.24) is 4.31 Å². The lowest BCUT2D eigenvalue weighted by Crippen LogP contribution is -2.36. The molecule has 1 saturated carbocycles. The van der Waals surface area contributed by atoms with Crippen LogP contribution < -0.4 is 5.32 Å². The van der Waals surface area contributed by atoms with Gasteiger partial charge in [-0.3, -0.25) is 4.79 Å². The topological polar surface area (TPSA) is 66.5 Å². The molecule has 1 aliphatic heterocycles. The fourth-order valence-electron chi connectivity index (χ4n) is 2.75. The van der Waals surface area contributed by atoms with Gasteiger partial charge in [0.2, 0.25) is 5.91 Å². The third-order valence-electron chi connectivity index (χ3n) is 4.45. The lowest BCUT2D eigenvalue weighted by atomic mass is 10.1. The number of nitrogens with one attached hydrogen (secondary N) is 1. The van der Waals surface area contributed by atoms with Gasteiger partial charge in [-0.25, -0.2) is 8.42 Å². The number of anilines is 1. The molecule has 0 bridgehead atoms. The predicted octanol–water partition coefficient (Wildman–Crippen LogP) is 3.20. The Morgan fingerprint density at radius 1 is 1.17 bits per heavy atom. The molecule has 134 valence electrons. The van der Waals surface area contributed by atoms with Crippen molar-refractivity contribution in [2.45, 2.75) is 42.5 Å². The molecule has 2 aliphatic rings. The first-order valence-electron chi connectivity index (χ1n) is 7.65. The minimum atomic E-state index is -4.59. The highest BCUT2D eigenvalue weighted by atomic mass is 32.2. The molecule has 24 heavy (non-hydrogen) atoms. The van der Waals surface area contributed by atoms with Crippen molar-refractivity contribution in [3.8, 4) is 0 Å². The van der Waals surface area contributed by atoms with E-state index in [1.54, 1.807) is 0 Å². The monoisotopic (exact) mass is 382 g/mol. The number of hydrogen-bond acceptors (Lipinski definition) is 4. The first-order valence-corrected chi connectivity index (χ1v) is 9.91. The van der Waals surface area contributed by atoms with Crippen LogP contribution in [0.1, 0.15) is 32.1 Å². The molecule has 10 heteroatoms. The summed E-state index contributed by atoms with van der Waals surface area (Å²) in [5, 5.41) is 2.34. The third-order valence-corrected chi connectivity index (χ3v) is 7.82. The molecular formula is C14H17F3N2O3S2. The van der Waals surface area contributed by atoms with E-state index in [4.69, 9.17) is 0 Å². The van der Waals surface area contributed by atoms with Gasteiger partial charge in [-0.1, -0.05) is 6.42 Å². The third kappa shape index (κ3) is 3.06. The van der Waals surface area contributed by atoms with Gasteiger partial charge in [0.05, 0.1) is 5.00 Å². The molecule has 1 saturated heterocycles. The van der Waals surface area contributed by atoms with Crippen molar-refractivity contribution < 1.29 is 26.4 Å². The molecule has 1 N–H and O–H groups in total. The molecule has 2 heterocycles. The fourth-order valence-corrected chi connectivity index (χ4v) is 5.63. The van der Waals surface area contributed by atoms with Gasteiger partial charge >= 0.3 is 6.18 Å². The zero-order valence-electron chi connectivity index (χ0n) is 12.7. The van der Waals surface area contributed by atoms with Crippen LogP contribution in [0.25, 0.3) is 0 Å². The molecule has 5 nitrogen and oxygen atoms in total. The summed E-state index contributed by atoms with van der Waals surface area (Å²) in [6, 6.07) is 2.67. The number of hydrogen-bond donors (Lipinski definition) is 1. The fraction of sp³-hybridized carbons (Fsp3) is 0.643. The van der Waals surface area contributed by atoms with E-state index in [0.717, 1.165) is 30.6 Å². The maximum absolute atomic E-state index is 12.9. The van der Waals surface area contributed by atoms with Gasteiger partial charge in [0, 0.05) is 13.1 Å². The van der Waals surface area contributed by atoms with Crippen molar-refractivity contribution in [2.24, 2.45) is 5.41 Å². The molecule has 1 amide bonds. The van der Waals surface area contributed by atoms with Crippen LogP contribution in [0, 0.1) is 5.41 Å². The maximum atomic E-state index is 12.9. The lowest BCUT2D eigenvalue weighted by Gasteiger charge is -2.25. The Balaban J connectivity index is 1.73. The van der Waals surface area contributed by atoms with E-state index >= 15 is 0 Å². The number of halogens is 3. The summed E-state index contributed by atoms with van der Waals surface area (Å²) in [6.45, 7) is 0.887. The van der Waals surface area contributed by atoms with E-state index in [1.807, 2.05) is 0 Å². The zero-order chi connectivity index (χ0) is 17.6. The van der Waals surface area contributed by atoms with E-state index in [2.05, 4.69) is 5.32 Å². The van der Waals surface area contributed by atoms with E-state index in [-0.39, 0.29) is 22.1 Å². The van der Waals surface area contributed by atoms with Gasteiger partial charge in [-0.2, -0.15) is 17.5 Å². The van der Waals surface area contributed by atoms with Crippen LogP contribution in [-0.2, 0) is 14.8 Å². The molecule has 0 aromatic carbocycles. The summed E-state index contributed by atoms with van der Waals surface area (Å²) in [6.07, 6.45) is -2.47. The highest BCUT2D eigenvalue weighted by Gasteiger charge is 2.68. The second kappa shape index (κ2) is 5.99. The quantitative estimate of drug-likeness (QED) is 0.870. The average molecular weight is 382 g/mol. The van der Waals surface area contributed by atoms with Crippen LogP contribution in [0.3, 0.4) is 0 Å². The minimum Gasteiger partial charge on any atom is -0.317 e. The van der Waals surface area contributed by atoms with Crippen molar-refractivity contribution in [3.05, 3.63) is 12.1 Å². The number of amides is 1. The van der Waals surface area contributed by atoms with Crippen molar-refractivity contribution in [3.63, 3.8) is 0 Å². The number of rotatable bonds is 4. The molecule has 0 radical (unpaired) electrons. The normalized spacial score (nSPS) is 21.5. The summed E-state index contributed by atoms with van der Waals surface area (Å²) in [5.74, 6) is -1.11. The number of carbonyl (C=O) groups is 1. The standard InChI is InChI=1S/C14H17F3N2O3S2/c15-14(16,17)13(6-7-13)12(20)18-10-4-5-11(23-10)24(21,22)19-8-2-1-3-9-19/h4-5H,1-3,6-9H2,(H,18,20). The van der Waals surface area contributed by atoms with Crippen LogP contribution in [0.15, 0.2) is 16.3 Å². The van der Waals surface area contributed by atoms with Gasteiger partial charge in [-0.15, -0.1) is 11.3 Å². The van der Waals surface area contributed by atoms with E-state index in [0.29, 0.717) is 13.1 Å². The Labute approximate surface area is 141 Å². The van der Waals surface area contributed by atoms with Crippen molar-refractivity contribution >= 4 is 32.3 Å². The first kappa shape index (κ1) is 17.7. The van der Waals surface area contributed by atoms with E-state index < -0.39 is 27.5 Å². The van der Waals surface area contributed by atoms with E-state index in [1.165, 1.54) is 16.4 Å². The highest BCUT2D eigenvalue weighted by molar-refractivity contribution is 7.91. The Morgan fingerprint density at radius 2 is 1.79 bits per heavy atom. The molecule has 3 rings (SSSR count). The summed E-state index contributed by atoms with van der Waals surface area (Å²) in [7, 11) is -3.65. The molecule has 1 aliphatic carbocycles. The maximum Gasteiger partial charge on any atom is 0.403 e. The average Bonchev–Trinajstić information content (AvgIpc) is 3.23. The van der Waals surface area contributed by atoms with Gasteiger partial charge in [0.15, 0.2) is 0 Å². The van der Waals surface area contributed by atoms with Gasteiger partial charge in [-0.05, 0) is 37.8 Å². The Hall–Kier alpha value is -1.13. The second-order valence-electron chi connectivity index (χ2n) is 6.12. The number of carbonyl (C=O) groups excluding carboxylic acids is 1. The Kier molecular flexibility index (Phi) is 4.42. The SMILES string of the molecule is O=C(Nc1ccc(S(=O)(=O)N2CCCCC2)s1)C1(C(F)(F)F)CC1. The lowest BCUT2D eigenvalue weighted by molar-refractivity contribution is -0.189. The van der Waals surface area contributed by atoms with Gasteiger partial charge in [0.25, 0.3) is 10.0 Å². The molecule has 0 atom stereocenters. The number of thiophene rings is 1. The van der Waals surface area contributed by atoms with E-state index in [9.17, 15) is 26.4 Å². The number of alkyl halides is 3. The molecule has 0 spiro atoms. The highest BCUT2D eigenvalue weighted by Crippen LogP contribution is 2.58. The summed E-state index contributed by atoms with van der Waals surface area (Å²) in [4.78, 5) is 11.9. The van der Waals surface area contributed by atoms with Crippen LogP contribution in [0.4, 0.5) is 18.2 Å². The van der Waals surface area contributed by atoms with Crippen LogP contribution >= 0.6 is 11.3 Å².